The maximum Gasteiger partial charge on any atom is 0.335 e. The van der Waals surface area contributed by atoms with Crippen LogP contribution in [-0.4, -0.2) is 21.0 Å². The molecule has 3 aromatic carbocycles. The van der Waals surface area contributed by atoms with Crippen molar-refractivity contribution in [3.05, 3.63) is 87.5 Å². The molecule has 0 fully saturated rings. The van der Waals surface area contributed by atoms with Gasteiger partial charge >= 0.3 is 5.97 Å². The highest BCUT2D eigenvalue weighted by Gasteiger charge is 2.07. The fourth-order valence-corrected chi connectivity index (χ4v) is 3.13. The van der Waals surface area contributed by atoms with Crippen molar-refractivity contribution in [2.24, 2.45) is 0 Å². The molecule has 5 nitrogen and oxygen atoms in total. The molecular formula is C22H16N2O3. The average molecular weight is 356 g/mol. The first-order valence-electron chi connectivity index (χ1n) is 8.46. The van der Waals surface area contributed by atoms with Crippen molar-refractivity contribution >= 4 is 39.8 Å². The molecule has 2 N–H and O–H groups in total. The van der Waals surface area contributed by atoms with Crippen LogP contribution in [0.5, 0.6) is 0 Å². The Kier molecular flexibility index (Phi) is 4.05. The van der Waals surface area contributed by atoms with Gasteiger partial charge in [-0.2, -0.15) is 0 Å². The van der Waals surface area contributed by atoms with Crippen LogP contribution in [0.4, 0.5) is 0 Å². The molecule has 1 aromatic heterocycles. The molecule has 0 spiro atoms. The minimum atomic E-state index is -0.944. The summed E-state index contributed by atoms with van der Waals surface area (Å²) in [5.74, 6) is -0.353. The number of aryl methyl sites for hydroxylation is 1. The van der Waals surface area contributed by atoms with Crippen LogP contribution >= 0.6 is 0 Å². The van der Waals surface area contributed by atoms with Gasteiger partial charge in [-0.3, -0.25) is 4.79 Å². The summed E-state index contributed by atoms with van der Waals surface area (Å²) in [7, 11) is 0. The maximum atomic E-state index is 12.4. The molecule has 0 amide bonds. The second-order valence-electron chi connectivity index (χ2n) is 6.35. The molecule has 5 heteroatoms. The SMILES string of the molecule is Cc1nc2ccc3ccc(/C=C/c4ccc(C(=O)O)cc4)cc3c2c(=O)[nH]1. The van der Waals surface area contributed by atoms with Crippen molar-refractivity contribution in [3.63, 3.8) is 0 Å². The summed E-state index contributed by atoms with van der Waals surface area (Å²) in [5, 5.41) is 11.4. The lowest BCUT2D eigenvalue weighted by Crippen LogP contribution is -2.10. The number of nitrogens with zero attached hydrogens (tertiary/aromatic N) is 1. The Balaban J connectivity index is 1.77. The van der Waals surface area contributed by atoms with Gasteiger partial charge in [0.05, 0.1) is 16.5 Å². The largest absolute Gasteiger partial charge is 0.478 e. The van der Waals surface area contributed by atoms with E-state index in [0.29, 0.717) is 16.7 Å². The van der Waals surface area contributed by atoms with E-state index in [2.05, 4.69) is 9.97 Å². The highest BCUT2D eigenvalue weighted by atomic mass is 16.4. The Bertz CT molecular complexity index is 1270. The van der Waals surface area contributed by atoms with Crippen molar-refractivity contribution in [2.75, 3.05) is 0 Å². The van der Waals surface area contributed by atoms with Crippen LogP contribution in [0.15, 0.2) is 59.4 Å². The van der Waals surface area contributed by atoms with Crippen molar-refractivity contribution in [1.29, 1.82) is 0 Å². The number of aromatic nitrogens is 2. The molecule has 0 aliphatic carbocycles. The number of hydrogen-bond donors (Lipinski definition) is 2. The molecule has 0 aliphatic heterocycles. The number of nitrogens with one attached hydrogen (secondary N) is 1. The van der Waals surface area contributed by atoms with Crippen molar-refractivity contribution < 1.29 is 9.90 Å². The molecule has 0 unspecified atom stereocenters. The first-order valence-corrected chi connectivity index (χ1v) is 8.46. The summed E-state index contributed by atoms with van der Waals surface area (Å²) in [5.41, 5.74) is 2.62. The molecule has 27 heavy (non-hydrogen) atoms. The van der Waals surface area contributed by atoms with Gasteiger partial charge in [-0.1, -0.05) is 42.5 Å². The number of hydrogen-bond acceptors (Lipinski definition) is 3. The summed E-state index contributed by atoms with van der Waals surface area (Å²) >= 11 is 0. The second kappa shape index (κ2) is 6.53. The van der Waals surface area contributed by atoms with Crippen LogP contribution in [0.3, 0.4) is 0 Å². The normalized spacial score (nSPS) is 11.4. The van der Waals surface area contributed by atoms with Crippen LogP contribution in [0.1, 0.15) is 27.3 Å². The van der Waals surface area contributed by atoms with E-state index in [1.807, 2.05) is 42.5 Å². The summed E-state index contributed by atoms with van der Waals surface area (Å²) in [6.07, 6.45) is 3.84. The van der Waals surface area contributed by atoms with Gasteiger partial charge in [-0.25, -0.2) is 9.78 Å². The van der Waals surface area contributed by atoms with Crippen molar-refractivity contribution in [2.45, 2.75) is 6.92 Å². The lowest BCUT2D eigenvalue weighted by molar-refractivity contribution is 0.0697. The number of benzene rings is 3. The van der Waals surface area contributed by atoms with Gasteiger partial charge in [0, 0.05) is 0 Å². The number of aromatic carboxylic acids is 1. The van der Waals surface area contributed by atoms with Gasteiger partial charge < -0.3 is 10.1 Å². The molecule has 4 rings (SSSR count). The quantitative estimate of drug-likeness (QED) is 0.424. The number of carboxylic acids is 1. The number of fused-ring (bicyclic) bond motifs is 3. The number of carbonyl (C=O) groups is 1. The van der Waals surface area contributed by atoms with Gasteiger partial charge in [0.15, 0.2) is 0 Å². The van der Waals surface area contributed by atoms with Gasteiger partial charge in [0.1, 0.15) is 5.82 Å². The minimum Gasteiger partial charge on any atom is -0.478 e. The highest BCUT2D eigenvalue weighted by molar-refractivity contribution is 6.06. The Morgan fingerprint density at radius 3 is 2.41 bits per heavy atom. The second-order valence-corrected chi connectivity index (χ2v) is 6.35. The summed E-state index contributed by atoms with van der Waals surface area (Å²) < 4.78 is 0. The molecule has 132 valence electrons. The number of H-pyrrole nitrogens is 1. The number of aromatic amines is 1. The zero-order chi connectivity index (χ0) is 19.0. The molecule has 0 bridgehead atoms. The zero-order valence-electron chi connectivity index (χ0n) is 14.6. The average Bonchev–Trinajstić information content (AvgIpc) is 2.65. The number of carboxylic acid groups (broad SMARTS) is 1. The van der Waals surface area contributed by atoms with Crippen molar-refractivity contribution in [3.8, 4) is 0 Å². The van der Waals surface area contributed by atoms with Crippen LogP contribution < -0.4 is 5.56 Å². The molecule has 0 radical (unpaired) electrons. The van der Waals surface area contributed by atoms with Crippen LogP contribution in [0, 0.1) is 6.92 Å². The predicted octanol–water partition coefficient (Wildman–Crippen LogP) is 4.25. The van der Waals surface area contributed by atoms with Crippen LogP contribution in [-0.2, 0) is 0 Å². The minimum absolute atomic E-state index is 0.145. The molecule has 0 saturated heterocycles. The van der Waals surface area contributed by atoms with E-state index in [9.17, 15) is 9.59 Å². The van der Waals surface area contributed by atoms with Gasteiger partial charge in [0.2, 0.25) is 0 Å². The fraction of sp³-hybridized carbons (Fsp3) is 0.0455. The van der Waals surface area contributed by atoms with E-state index in [0.717, 1.165) is 21.9 Å². The maximum absolute atomic E-state index is 12.4. The van der Waals surface area contributed by atoms with Gasteiger partial charge in [-0.05, 0) is 53.1 Å². The molecule has 1 heterocycles. The third-order valence-corrected chi connectivity index (χ3v) is 4.46. The topological polar surface area (TPSA) is 83.0 Å². The smallest absolute Gasteiger partial charge is 0.335 e. The third-order valence-electron chi connectivity index (χ3n) is 4.46. The van der Waals surface area contributed by atoms with Crippen LogP contribution in [0.25, 0.3) is 33.8 Å². The Morgan fingerprint density at radius 2 is 1.67 bits per heavy atom. The molecular weight excluding hydrogens is 340 g/mol. The van der Waals surface area contributed by atoms with E-state index in [1.165, 1.54) is 0 Å². The van der Waals surface area contributed by atoms with E-state index in [4.69, 9.17) is 5.11 Å². The third kappa shape index (κ3) is 3.22. The van der Waals surface area contributed by atoms with E-state index in [-0.39, 0.29) is 11.1 Å². The Morgan fingerprint density at radius 1 is 1.00 bits per heavy atom. The first kappa shape index (κ1) is 16.7. The van der Waals surface area contributed by atoms with Crippen molar-refractivity contribution in [1.82, 2.24) is 9.97 Å². The lowest BCUT2D eigenvalue weighted by Gasteiger charge is -2.05. The summed E-state index contributed by atoms with van der Waals surface area (Å²) in [6, 6.07) is 16.4. The zero-order valence-corrected chi connectivity index (χ0v) is 14.6. The Labute approximate surface area is 154 Å². The van der Waals surface area contributed by atoms with E-state index >= 15 is 0 Å². The fourth-order valence-electron chi connectivity index (χ4n) is 3.13. The summed E-state index contributed by atoms with van der Waals surface area (Å²) in [4.78, 5) is 30.5. The Hall–Kier alpha value is -3.73. The molecule has 0 atom stereocenters. The lowest BCUT2D eigenvalue weighted by atomic mass is 10.0. The molecule has 0 saturated carbocycles. The summed E-state index contributed by atoms with van der Waals surface area (Å²) in [6.45, 7) is 1.76. The standard InChI is InChI=1S/C22H16N2O3/c1-13-23-19-11-10-16-7-6-15(12-18(16)20(19)21(25)24-13)3-2-14-4-8-17(9-5-14)22(26)27/h2-12H,1H3,(H,26,27)(H,23,24,25)/b3-2+. The first-order chi connectivity index (χ1) is 13.0. The predicted molar refractivity (Wildman–Crippen MR) is 107 cm³/mol. The van der Waals surface area contributed by atoms with Crippen LogP contribution in [0.2, 0.25) is 0 Å². The molecule has 4 aromatic rings. The monoisotopic (exact) mass is 356 g/mol. The van der Waals surface area contributed by atoms with E-state index < -0.39 is 5.97 Å². The molecule has 0 aliphatic rings. The number of rotatable bonds is 3. The highest BCUT2D eigenvalue weighted by Crippen LogP contribution is 2.24. The van der Waals surface area contributed by atoms with Gasteiger partial charge in [-0.15, -0.1) is 0 Å². The van der Waals surface area contributed by atoms with Gasteiger partial charge in [0.25, 0.3) is 5.56 Å². The van der Waals surface area contributed by atoms with E-state index in [1.54, 1.807) is 31.2 Å².